The Bertz CT molecular complexity index is 478. The first-order valence-electron chi connectivity index (χ1n) is 6.42. The number of benzene rings is 1. The highest BCUT2D eigenvalue weighted by Gasteiger charge is 2.62. The van der Waals surface area contributed by atoms with Crippen LogP contribution in [0.25, 0.3) is 0 Å². The number of carbonyl (C=O) groups is 1. The number of hydrogen-bond acceptors (Lipinski definition) is 3. The van der Waals surface area contributed by atoms with E-state index in [0.717, 1.165) is 11.1 Å². The van der Waals surface area contributed by atoms with Gasteiger partial charge in [-0.15, -0.1) is 0 Å². The Balaban J connectivity index is 1.83. The average Bonchev–Trinajstić information content (AvgIpc) is 2.90. The normalized spacial score (nSPS) is 29.8. The smallest absolute Gasteiger partial charge is 0.310 e. The van der Waals surface area contributed by atoms with E-state index in [1.807, 2.05) is 24.3 Å². The maximum atomic E-state index is 12.0. The van der Waals surface area contributed by atoms with E-state index in [9.17, 15) is 4.79 Å². The van der Waals surface area contributed by atoms with Gasteiger partial charge in [-0.2, -0.15) is 0 Å². The van der Waals surface area contributed by atoms with Crippen molar-refractivity contribution >= 4 is 5.97 Å². The van der Waals surface area contributed by atoms with Crippen LogP contribution in [0, 0.1) is 17.3 Å². The second kappa shape index (κ2) is 4.09. The van der Waals surface area contributed by atoms with E-state index >= 15 is 0 Å². The molecule has 2 aliphatic rings. The van der Waals surface area contributed by atoms with Gasteiger partial charge in [0, 0.05) is 5.92 Å². The van der Waals surface area contributed by atoms with E-state index < -0.39 is 0 Å². The van der Waals surface area contributed by atoms with Crippen LogP contribution in [0.2, 0.25) is 0 Å². The minimum Gasteiger partial charge on any atom is -0.461 e. The molecule has 3 heteroatoms. The first-order valence-corrected chi connectivity index (χ1v) is 6.42. The SMILES string of the molecule is CC1(C)[C@@H]2COCc3ccccc3COC(=O)[C@@H]21. The van der Waals surface area contributed by atoms with Crippen LogP contribution >= 0.6 is 0 Å². The third-order valence-corrected chi connectivity index (χ3v) is 4.35. The summed E-state index contributed by atoms with van der Waals surface area (Å²) in [7, 11) is 0. The summed E-state index contributed by atoms with van der Waals surface area (Å²) in [5.41, 5.74) is 2.18. The fourth-order valence-electron chi connectivity index (χ4n) is 2.90. The molecule has 0 radical (unpaired) electrons. The number of cyclic esters (lactones) is 1. The predicted octanol–water partition coefficient (Wildman–Crippen LogP) is 2.53. The lowest BCUT2D eigenvalue weighted by atomic mass is 10.1. The molecule has 1 aromatic carbocycles. The summed E-state index contributed by atoms with van der Waals surface area (Å²) >= 11 is 0. The van der Waals surface area contributed by atoms with E-state index in [1.54, 1.807) is 0 Å². The number of esters is 1. The van der Waals surface area contributed by atoms with E-state index in [1.165, 1.54) is 0 Å². The molecule has 0 spiro atoms. The van der Waals surface area contributed by atoms with Gasteiger partial charge < -0.3 is 9.47 Å². The first kappa shape index (κ1) is 11.7. The Morgan fingerprint density at radius 2 is 1.83 bits per heavy atom. The average molecular weight is 246 g/mol. The molecule has 0 N–H and O–H groups in total. The molecule has 0 saturated heterocycles. The lowest BCUT2D eigenvalue weighted by Gasteiger charge is -2.12. The summed E-state index contributed by atoms with van der Waals surface area (Å²) in [6.45, 7) is 5.82. The molecule has 3 nitrogen and oxygen atoms in total. The molecule has 1 heterocycles. The highest BCUT2D eigenvalue weighted by molar-refractivity contribution is 5.77. The Morgan fingerprint density at radius 1 is 1.17 bits per heavy atom. The fraction of sp³-hybridized carbons (Fsp3) is 0.533. The van der Waals surface area contributed by atoms with Crippen LogP contribution < -0.4 is 0 Å². The van der Waals surface area contributed by atoms with Gasteiger partial charge in [-0.25, -0.2) is 0 Å². The van der Waals surface area contributed by atoms with Gasteiger partial charge >= 0.3 is 5.97 Å². The molecule has 0 unspecified atom stereocenters. The highest BCUT2D eigenvalue weighted by Crippen LogP contribution is 2.59. The molecule has 1 aromatic rings. The van der Waals surface area contributed by atoms with Crippen molar-refractivity contribution in [3.8, 4) is 0 Å². The molecule has 2 atom stereocenters. The van der Waals surface area contributed by atoms with Crippen molar-refractivity contribution in [2.45, 2.75) is 27.1 Å². The molecule has 1 saturated carbocycles. The van der Waals surface area contributed by atoms with Gasteiger partial charge in [0.2, 0.25) is 0 Å². The van der Waals surface area contributed by atoms with Gasteiger partial charge in [0.25, 0.3) is 0 Å². The Morgan fingerprint density at radius 3 is 2.56 bits per heavy atom. The van der Waals surface area contributed by atoms with Crippen molar-refractivity contribution in [1.29, 1.82) is 0 Å². The molecule has 18 heavy (non-hydrogen) atoms. The largest absolute Gasteiger partial charge is 0.461 e. The van der Waals surface area contributed by atoms with Crippen LogP contribution in [0.3, 0.4) is 0 Å². The van der Waals surface area contributed by atoms with Gasteiger partial charge in [0.15, 0.2) is 0 Å². The summed E-state index contributed by atoms with van der Waals surface area (Å²) in [6, 6.07) is 7.96. The number of ether oxygens (including phenoxy) is 2. The van der Waals surface area contributed by atoms with Gasteiger partial charge in [-0.3, -0.25) is 4.79 Å². The molecule has 0 aromatic heterocycles. The molecule has 1 aliphatic heterocycles. The van der Waals surface area contributed by atoms with Gasteiger partial charge in [0.05, 0.1) is 19.1 Å². The van der Waals surface area contributed by atoms with Crippen LogP contribution in [0.15, 0.2) is 24.3 Å². The molecule has 1 aliphatic carbocycles. The third-order valence-electron chi connectivity index (χ3n) is 4.35. The Kier molecular flexibility index (Phi) is 2.67. The molecule has 96 valence electrons. The zero-order valence-corrected chi connectivity index (χ0v) is 10.8. The van der Waals surface area contributed by atoms with Crippen molar-refractivity contribution < 1.29 is 14.3 Å². The minimum atomic E-state index is -0.0784. The van der Waals surface area contributed by atoms with Crippen LogP contribution in [0.5, 0.6) is 0 Å². The van der Waals surface area contributed by atoms with E-state index in [0.29, 0.717) is 25.7 Å². The number of hydrogen-bond donors (Lipinski definition) is 0. The van der Waals surface area contributed by atoms with Gasteiger partial charge in [-0.1, -0.05) is 38.1 Å². The maximum Gasteiger partial charge on any atom is 0.310 e. The van der Waals surface area contributed by atoms with Crippen LogP contribution in [0.4, 0.5) is 0 Å². The Labute approximate surface area is 107 Å². The summed E-state index contributed by atoms with van der Waals surface area (Å²) in [4.78, 5) is 12.0. The van der Waals surface area contributed by atoms with Crippen molar-refractivity contribution in [3.05, 3.63) is 35.4 Å². The predicted molar refractivity (Wildman–Crippen MR) is 66.7 cm³/mol. The second-order valence-corrected chi connectivity index (χ2v) is 5.80. The topological polar surface area (TPSA) is 35.5 Å². The van der Waals surface area contributed by atoms with Crippen molar-refractivity contribution in [3.63, 3.8) is 0 Å². The molecular formula is C15H18O3. The molecular weight excluding hydrogens is 228 g/mol. The summed E-state index contributed by atoms with van der Waals surface area (Å²) in [6.07, 6.45) is 0. The van der Waals surface area contributed by atoms with Crippen LogP contribution in [0.1, 0.15) is 25.0 Å². The number of fused-ring (bicyclic) bond motifs is 2. The minimum absolute atomic E-state index is 0.00256. The van der Waals surface area contributed by atoms with Crippen LogP contribution in [-0.2, 0) is 27.5 Å². The van der Waals surface area contributed by atoms with E-state index in [-0.39, 0.29) is 17.3 Å². The third kappa shape index (κ3) is 1.83. The lowest BCUT2D eigenvalue weighted by molar-refractivity contribution is -0.148. The molecule has 1 fully saturated rings. The van der Waals surface area contributed by atoms with Gasteiger partial charge in [-0.05, 0) is 16.5 Å². The van der Waals surface area contributed by atoms with E-state index in [4.69, 9.17) is 9.47 Å². The van der Waals surface area contributed by atoms with Crippen molar-refractivity contribution in [2.24, 2.45) is 17.3 Å². The monoisotopic (exact) mass is 246 g/mol. The van der Waals surface area contributed by atoms with Gasteiger partial charge in [0.1, 0.15) is 6.61 Å². The quantitative estimate of drug-likeness (QED) is 0.660. The number of rotatable bonds is 0. The lowest BCUT2D eigenvalue weighted by Crippen LogP contribution is -2.13. The molecule has 0 amide bonds. The maximum absolute atomic E-state index is 12.0. The molecule has 3 rings (SSSR count). The number of carbonyl (C=O) groups excluding carboxylic acids is 1. The van der Waals surface area contributed by atoms with Crippen molar-refractivity contribution in [2.75, 3.05) is 6.61 Å². The second-order valence-electron chi connectivity index (χ2n) is 5.80. The highest BCUT2D eigenvalue weighted by atomic mass is 16.5. The summed E-state index contributed by atoms with van der Waals surface area (Å²) in [5.74, 6) is 0.225. The van der Waals surface area contributed by atoms with E-state index in [2.05, 4.69) is 13.8 Å². The summed E-state index contributed by atoms with van der Waals surface area (Å²) in [5, 5.41) is 0. The zero-order chi connectivity index (χ0) is 12.8. The molecule has 0 bridgehead atoms. The van der Waals surface area contributed by atoms with Crippen molar-refractivity contribution in [1.82, 2.24) is 0 Å². The first-order chi connectivity index (χ1) is 8.60. The van der Waals surface area contributed by atoms with Crippen LogP contribution in [-0.4, -0.2) is 12.6 Å². The summed E-state index contributed by atoms with van der Waals surface area (Å²) < 4.78 is 11.2. The standard InChI is InChI=1S/C15H18O3/c1-15(2)12-9-17-7-10-5-3-4-6-11(10)8-18-14(16)13(12)15/h3-6,12-13H,7-9H2,1-2H3/t12-,13-/m1/s1. The fourth-order valence-corrected chi connectivity index (χ4v) is 2.90. The zero-order valence-electron chi connectivity index (χ0n) is 10.8. The Hall–Kier alpha value is -1.35.